The van der Waals surface area contributed by atoms with Crippen molar-refractivity contribution in [3.63, 3.8) is 0 Å². The van der Waals surface area contributed by atoms with E-state index in [4.69, 9.17) is 69.6 Å². The Morgan fingerprint density at radius 2 is 1.00 bits per heavy atom. The predicted molar refractivity (Wildman–Crippen MR) is 47.6 cm³/mol. The second kappa shape index (κ2) is 7.84. The lowest BCUT2D eigenvalue weighted by Crippen LogP contribution is -2.01. The molecule has 0 N–H and O–H groups in total. The Bertz CT molecular complexity index is 46.8. The summed E-state index contributed by atoms with van der Waals surface area (Å²) in [4.78, 5) is 0. The SMILES string of the molecule is ClCC(Cl)(Cl)Cl.ClCCl. The van der Waals surface area contributed by atoms with Crippen LogP contribution in [0, 0.1) is 0 Å². The van der Waals surface area contributed by atoms with Crippen molar-refractivity contribution in [1.82, 2.24) is 0 Å². The summed E-state index contributed by atoms with van der Waals surface area (Å²) < 4.78 is -1.28. The molecule has 0 radical (unpaired) electrons. The Morgan fingerprint density at radius 3 is 1.00 bits per heavy atom. The summed E-state index contributed by atoms with van der Waals surface area (Å²) in [6.07, 6.45) is 0. The average Bonchev–Trinajstić information content (AvgIpc) is 1.67. The minimum absolute atomic E-state index is 0.0394. The van der Waals surface area contributed by atoms with Gasteiger partial charge in [-0.1, -0.05) is 34.8 Å². The molecule has 0 bridgehead atoms. The van der Waals surface area contributed by atoms with Crippen LogP contribution in [0.5, 0.6) is 0 Å². The first-order valence-electron chi connectivity index (χ1n) is 1.72. The molecule has 0 nitrogen and oxygen atoms in total. The second-order valence-electron chi connectivity index (χ2n) is 0.850. The Balaban J connectivity index is 0. The topological polar surface area (TPSA) is 0 Å². The van der Waals surface area contributed by atoms with E-state index in [0.717, 1.165) is 0 Å². The van der Waals surface area contributed by atoms with Crippen LogP contribution in [0.3, 0.4) is 0 Å². The van der Waals surface area contributed by atoms with Crippen molar-refractivity contribution >= 4 is 69.6 Å². The molecular weight excluding hydrogens is 249 g/mol. The predicted octanol–water partition coefficient (Wildman–Crippen LogP) is 4.02. The van der Waals surface area contributed by atoms with Gasteiger partial charge in [-0.2, -0.15) is 0 Å². The van der Waals surface area contributed by atoms with Gasteiger partial charge in [0.2, 0.25) is 3.79 Å². The molecule has 0 aliphatic heterocycles. The molecule has 0 atom stereocenters. The standard InChI is InChI=1S/C2H2Cl4.CH2Cl2/c3-1-2(4,5)6;2-1-3/h1H2;1H2. The second-order valence-corrected chi connectivity index (χ2v) is 4.44. The van der Waals surface area contributed by atoms with Crippen molar-refractivity contribution in [2.75, 3.05) is 11.2 Å². The third-order valence-corrected chi connectivity index (χ3v) is 1.36. The van der Waals surface area contributed by atoms with Crippen LogP contribution in [0.1, 0.15) is 0 Å². The highest BCUT2D eigenvalue weighted by molar-refractivity contribution is 6.69. The fraction of sp³-hybridized carbons (Fsp3) is 1.00. The van der Waals surface area contributed by atoms with Crippen LogP contribution >= 0.6 is 69.6 Å². The lowest BCUT2D eigenvalue weighted by atomic mass is 10.9. The van der Waals surface area contributed by atoms with Gasteiger partial charge in [0.1, 0.15) is 0 Å². The minimum Gasteiger partial charge on any atom is -0.122 e. The summed E-state index contributed by atoms with van der Waals surface area (Å²) in [6, 6.07) is 0. The Labute approximate surface area is 84.3 Å². The van der Waals surface area contributed by atoms with Crippen molar-refractivity contribution in [2.45, 2.75) is 3.79 Å². The van der Waals surface area contributed by atoms with E-state index >= 15 is 0 Å². The zero-order valence-electron chi connectivity index (χ0n) is 4.18. The van der Waals surface area contributed by atoms with Crippen LogP contribution in [0.4, 0.5) is 0 Å². The van der Waals surface area contributed by atoms with Crippen molar-refractivity contribution in [2.24, 2.45) is 0 Å². The highest BCUT2D eigenvalue weighted by Gasteiger charge is 2.16. The highest BCUT2D eigenvalue weighted by Crippen LogP contribution is 2.26. The molecule has 0 amide bonds. The van der Waals surface area contributed by atoms with Crippen molar-refractivity contribution < 1.29 is 0 Å². The van der Waals surface area contributed by atoms with Gasteiger partial charge in [0, 0.05) is 0 Å². The highest BCUT2D eigenvalue weighted by atomic mass is 35.6. The third kappa shape index (κ3) is 26.0. The van der Waals surface area contributed by atoms with Crippen LogP contribution in [0.2, 0.25) is 0 Å². The fourth-order valence-corrected chi connectivity index (χ4v) is 0. The van der Waals surface area contributed by atoms with Gasteiger partial charge in [0.15, 0.2) is 0 Å². The summed E-state index contributed by atoms with van der Waals surface area (Å²) in [5, 5.41) is 0.194. The number of hydrogen-bond acceptors (Lipinski definition) is 0. The molecule has 0 aromatic heterocycles. The van der Waals surface area contributed by atoms with Crippen LogP contribution in [0.15, 0.2) is 0 Å². The first-order valence-corrected chi connectivity index (χ1v) is 4.46. The van der Waals surface area contributed by atoms with E-state index < -0.39 is 3.79 Å². The number of hydrogen-bond donors (Lipinski definition) is 0. The molecule has 6 heteroatoms. The van der Waals surface area contributed by atoms with Gasteiger partial charge >= 0.3 is 0 Å². The summed E-state index contributed by atoms with van der Waals surface area (Å²) in [5.74, 6) is 0.0394. The molecule has 0 spiro atoms. The molecule has 0 aromatic carbocycles. The van der Waals surface area contributed by atoms with E-state index in [-0.39, 0.29) is 11.2 Å². The minimum atomic E-state index is -1.28. The molecule has 0 aliphatic rings. The van der Waals surface area contributed by atoms with Crippen LogP contribution in [-0.2, 0) is 0 Å². The van der Waals surface area contributed by atoms with Crippen molar-refractivity contribution in [3.05, 3.63) is 0 Å². The molecule has 0 rings (SSSR count). The molecule has 0 heterocycles. The van der Waals surface area contributed by atoms with E-state index in [1.54, 1.807) is 0 Å². The largest absolute Gasteiger partial charge is 0.203 e. The Morgan fingerprint density at radius 1 is 0.889 bits per heavy atom. The zero-order chi connectivity index (χ0) is 7.91. The van der Waals surface area contributed by atoms with E-state index in [0.29, 0.717) is 0 Å². The summed E-state index contributed by atoms with van der Waals surface area (Å²) >= 11 is 30.0. The molecule has 0 saturated heterocycles. The molecule has 0 unspecified atom stereocenters. The summed E-state index contributed by atoms with van der Waals surface area (Å²) in [5.41, 5.74) is 0. The van der Waals surface area contributed by atoms with E-state index in [2.05, 4.69) is 0 Å². The molecular formula is C3H4Cl6. The van der Waals surface area contributed by atoms with Crippen LogP contribution < -0.4 is 0 Å². The third-order valence-electron chi connectivity index (χ3n) is 0.152. The quantitative estimate of drug-likeness (QED) is 0.572. The summed E-state index contributed by atoms with van der Waals surface area (Å²) in [6.45, 7) is 0. The Hall–Kier alpha value is 1.74. The summed E-state index contributed by atoms with van der Waals surface area (Å²) in [7, 11) is 0. The maximum absolute atomic E-state index is 5.12. The van der Waals surface area contributed by atoms with Crippen molar-refractivity contribution in [3.8, 4) is 0 Å². The normalized spacial score (nSPS) is 10.0. The van der Waals surface area contributed by atoms with Gasteiger partial charge < -0.3 is 0 Å². The molecule has 58 valence electrons. The van der Waals surface area contributed by atoms with Gasteiger partial charge in [-0.3, -0.25) is 0 Å². The van der Waals surface area contributed by atoms with Gasteiger partial charge in [-0.25, -0.2) is 0 Å². The average molecular weight is 253 g/mol. The monoisotopic (exact) mass is 250 g/mol. The molecule has 0 fully saturated rings. The number of alkyl halides is 6. The van der Waals surface area contributed by atoms with Crippen LogP contribution in [0.25, 0.3) is 0 Å². The maximum Gasteiger partial charge on any atom is 0.203 e. The zero-order valence-corrected chi connectivity index (χ0v) is 8.72. The van der Waals surface area contributed by atoms with Crippen molar-refractivity contribution in [1.29, 1.82) is 0 Å². The number of rotatable bonds is 0. The molecule has 0 aromatic rings. The van der Waals surface area contributed by atoms with Gasteiger partial charge in [-0.15, -0.1) is 34.8 Å². The smallest absolute Gasteiger partial charge is 0.122 e. The fourth-order valence-electron chi connectivity index (χ4n) is 0. The van der Waals surface area contributed by atoms with E-state index in [1.165, 1.54) is 0 Å². The van der Waals surface area contributed by atoms with E-state index in [9.17, 15) is 0 Å². The number of halogens is 6. The first kappa shape index (κ1) is 13.3. The van der Waals surface area contributed by atoms with Gasteiger partial charge in [0.25, 0.3) is 0 Å². The lowest BCUT2D eigenvalue weighted by Gasteiger charge is -2.00. The van der Waals surface area contributed by atoms with Crippen LogP contribution in [-0.4, -0.2) is 15.0 Å². The molecule has 0 saturated carbocycles. The first-order chi connectivity index (χ1) is 3.97. The van der Waals surface area contributed by atoms with Gasteiger partial charge in [0.05, 0.1) is 11.2 Å². The lowest BCUT2D eigenvalue weighted by molar-refractivity contribution is 1.28. The molecule has 9 heavy (non-hydrogen) atoms. The van der Waals surface area contributed by atoms with Gasteiger partial charge in [-0.05, 0) is 0 Å². The molecule has 0 aliphatic carbocycles. The maximum atomic E-state index is 5.12. The van der Waals surface area contributed by atoms with E-state index in [1.807, 2.05) is 0 Å². The Kier molecular flexibility index (Phi) is 11.6.